The van der Waals surface area contributed by atoms with E-state index >= 15 is 0 Å². The lowest BCUT2D eigenvalue weighted by molar-refractivity contribution is -0.199. The Bertz CT molecular complexity index is 2150. The van der Waals surface area contributed by atoms with Crippen LogP contribution in [0.4, 0.5) is 0 Å². The van der Waals surface area contributed by atoms with Crippen LogP contribution in [0.1, 0.15) is 127 Å². The summed E-state index contributed by atoms with van der Waals surface area (Å²) in [6.07, 6.45) is 4.81. The molecule has 7 amide bonds. The molecule has 9 atom stereocenters. The topological polar surface area (TPSA) is 340 Å². The first-order valence-electron chi connectivity index (χ1n) is 25.3. The van der Waals surface area contributed by atoms with E-state index in [9.17, 15) is 33.6 Å². The quantitative estimate of drug-likeness (QED) is 0.0307. The molecule has 4 fully saturated rings. The van der Waals surface area contributed by atoms with Gasteiger partial charge in [0.15, 0.2) is 6.17 Å². The van der Waals surface area contributed by atoms with Crippen molar-refractivity contribution < 1.29 is 42.9 Å². The predicted molar refractivity (Wildman–Crippen MR) is 270 cm³/mol. The lowest BCUT2D eigenvalue weighted by Gasteiger charge is -2.64. The number of nitrogens with one attached hydrogen (secondary N) is 6. The van der Waals surface area contributed by atoms with E-state index in [1.807, 2.05) is 19.1 Å². The zero-order valence-corrected chi connectivity index (χ0v) is 41.9. The van der Waals surface area contributed by atoms with Gasteiger partial charge in [0.05, 0.1) is 11.7 Å². The summed E-state index contributed by atoms with van der Waals surface area (Å²) < 4.78 is 12.6. The van der Waals surface area contributed by atoms with E-state index in [0.29, 0.717) is 50.3 Å². The number of rotatable bonds is 29. The number of unbranched alkanes of at least 4 members (excludes halogenated alkanes) is 3. The maximum absolute atomic E-state index is 13.8. The van der Waals surface area contributed by atoms with Crippen LogP contribution in [0.25, 0.3) is 11.1 Å². The third-order valence-electron chi connectivity index (χ3n) is 14.5. The molecular weight excluding hydrogens is 909 g/mol. The normalized spacial score (nSPS) is 21.7. The van der Waals surface area contributed by atoms with Crippen molar-refractivity contribution in [2.75, 3.05) is 19.6 Å². The van der Waals surface area contributed by atoms with E-state index in [2.05, 4.69) is 76.9 Å². The number of hydrogen-bond acceptors (Lipinski definition) is 13. The number of carbonyl (C=O) groups is 7. The van der Waals surface area contributed by atoms with Crippen molar-refractivity contribution in [2.24, 2.45) is 45.9 Å². The van der Waals surface area contributed by atoms with Gasteiger partial charge in [-0.2, -0.15) is 0 Å². The van der Waals surface area contributed by atoms with Crippen LogP contribution < -0.4 is 60.6 Å². The molecule has 6 rings (SSSR count). The van der Waals surface area contributed by atoms with Crippen LogP contribution in [0.3, 0.4) is 0 Å². The van der Waals surface area contributed by atoms with Gasteiger partial charge in [-0.1, -0.05) is 63.6 Å². The van der Waals surface area contributed by atoms with Crippen molar-refractivity contribution in [2.45, 2.75) is 160 Å². The van der Waals surface area contributed by atoms with Gasteiger partial charge in [-0.3, -0.25) is 33.6 Å². The van der Waals surface area contributed by atoms with E-state index in [4.69, 9.17) is 38.0 Å². The number of hydrogen-bond donors (Lipinski definition) is 11. The minimum Gasteiger partial charge on any atom is -0.403 e. The molecule has 0 aromatic heterocycles. The zero-order chi connectivity index (χ0) is 51.9. The molecule has 4 aliphatic rings. The zero-order valence-electron chi connectivity index (χ0n) is 41.9. The Morgan fingerprint density at radius 2 is 1.25 bits per heavy atom. The molecule has 2 bridgehead atoms. The molecule has 0 radical (unpaired) electrons. The fraction of sp³-hybridized carbons (Fsp3) is 0.620. The van der Waals surface area contributed by atoms with Crippen molar-refractivity contribution in [3.8, 4) is 11.1 Å². The second-order valence-corrected chi connectivity index (χ2v) is 20.1. The molecule has 21 heteroatoms. The Hall–Kier alpha value is -5.45. The van der Waals surface area contributed by atoms with Crippen molar-refractivity contribution in [3.05, 3.63) is 59.7 Å². The van der Waals surface area contributed by atoms with Crippen LogP contribution in [0.5, 0.6) is 0 Å². The highest BCUT2D eigenvalue weighted by Gasteiger charge is 2.68. The van der Waals surface area contributed by atoms with Crippen LogP contribution >= 0.6 is 0 Å². The molecule has 20 nitrogen and oxygen atoms in total. The minimum atomic E-state index is -1.71. The van der Waals surface area contributed by atoms with Crippen LogP contribution in [0.2, 0.25) is 0 Å². The van der Waals surface area contributed by atoms with Gasteiger partial charge in [0, 0.05) is 24.9 Å². The second-order valence-electron chi connectivity index (χ2n) is 20.1. The summed E-state index contributed by atoms with van der Waals surface area (Å²) in [5, 5.41) is 15.7. The summed E-state index contributed by atoms with van der Waals surface area (Å²) >= 11 is 0. The van der Waals surface area contributed by atoms with Crippen LogP contribution in [-0.2, 0) is 44.5 Å². The molecule has 1 unspecified atom stereocenters. The summed E-state index contributed by atoms with van der Waals surface area (Å²) in [4.78, 5) is 92.6. The Labute approximate surface area is 418 Å². The molecule has 1 saturated heterocycles. The van der Waals surface area contributed by atoms with Gasteiger partial charge in [-0.25, -0.2) is 0 Å². The van der Waals surface area contributed by atoms with E-state index in [1.165, 1.54) is 5.56 Å². The average Bonchev–Trinajstić information content (AvgIpc) is 3.71. The van der Waals surface area contributed by atoms with Gasteiger partial charge < -0.3 is 69.9 Å². The van der Waals surface area contributed by atoms with Crippen molar-refractivity contribution in [3.63, 3.8) is 0 Å². The fourth-order valence-corrected chi connectivity index (χ4v) is 10.0. The number of aryl methyl sites for hydroxylation is 1. The van der Waals surface area contributed by atoms with Crippen LogP contribution in [0, 0.1) is 17.3 Å². The maximum Gasteiger partial charge on any atom is 0.497 e. The first-order chi connectivity index (χ1) is 33.8. The smallest absolute Gasteiger partial charge is 0.403 e. The molecule has 16 N–H and O–H groups in total. The minimum absolute atomic E-state index is 0.0304. The molecule has 3 aliphatic carbocycles. The summed E-state index contributed by atoms with van der Waals surface area (Å²) in [5.74, 6) is -4.13. The number of carbonyl (C=O) groups excluding carboxylic acids is 7. The molecule has 0 spiro atoms. The molecule has 1 aliphatic heterocycles. The largest absolute Gasteiger partial charge is 0.497 e. The molecule has 71 heavy (non-hydrogen) atoms. The Morgan fingerprint density at radius 1 is 0.690 bits per heavy atom. The highest BCUT2D eigenvalue weighted by atomic mass is 16.7. The molecule has 2 aromatic rings. The summed E-state index contributed by atoms with van der Waals surface area (Å²) in [5.41, 5.74) is 32.6. The number of benzene rings is 2. The average molecular weight is 988 g/mol. The molecule has 1 heterocycles. The van der Waals surface area contributed by atoms with Gasteiger partial charge in [0.1, 0.15) is 24.2 Å². The number of nitrogens with two attached hydrogens (primary N) is 5. The van der Waals surface area contributed by atoms with Crippen LogP contribution in [-0.4, -0.2) is 110 Å². The molecular formula is C50H78BN11O9. The Balaban J connectivity index is 1.14. The van der Waals surface area contributed by atoms with Crippen LogP contribution in [0.15, 0.2) is 48.5 Å². The van der Waals surface area contributed by atoms with E-state index < -0.39 is 78.5 Å². The standard InChI is InChI=1S/C50H78BN11O9/c1-5-6-11-30-14-16-31(17-15-30)32-18-20-33(21-19-32)43(65)57-27-24-41(64)58-35(12-7-9-25-52)44(66)59-37(22-23-40(54)63)45(67)61-42(55)47(69)60-36(13-8-10-26-53)46(68)62-48(56)51-70-39-29-34-28-38(49(34,2)3)50(39,4)71-51/h14-21,34-39,42,48H,5-13,22-29,52-53,55-56H2,1-4H3,(H2,54,63)(H,57,65)(H,58,64)(H,59,66)(H,60,69)(H,61,67)(H,62,68)/t34-,35-,36-,37-,38-,39?,42+,48+,50-/m0/s1. The molecule has 390 valence electrons. The monoisotopic (exact) mass is 988 g/mol. The van der Waals surface area contributed by atoms with Crippen molar-refractivity contribution >= 4 is 48.5 Å². The van der Waals surface area contributed by atoms with Gasteiger partial charge in [-0.15, -0.1) is 0 Å². The molecule has 3 saturated carbocycles. The first kappa shape index (κ1) is 56.5. The highest BCUT2D eigenvalue weighted by Crippen LogP contribution is 2.65. The number of primary amides is 1. The lowest BCUT2D eigenvalue weighted by atomic mass is 9.43. The SMILES string of the molecule is CCCCc1ccc(-c2ccc(C(=O)NCCC(=O)N[C@@H](CCCCN)C(=O)N[C@@H](CCC(N)=O)C(=O)N[C@@H](N)C(=O)N[C@@H](CCCCN)C(=O)N[C@@H](N)B3OC4C[C@@H]5C[C@@H](C5(C)C)[C@]4(C)O3)cc2)cc1. The number of amides is 7. The third-order valence-corrected chi connectivity index (χ3v) is 14.5. The van der Waals surface area contributed by atoms with E-state index in [0.717, 1.165) is 43.2 Å². The second kappa shape index (κ2) is 26.3. The fourth-order valence-electron chi connectivity index (χ4n) is 10.0. The van der Waals surface area contributed by atoms with Gasteiger partial charge in [0.25, 0.3) is 11.8 Å². The van der Waals surface area contributed by atoms with Crippen molar-refractivity contribution in [1.29, 1.82) is 0 Å². The van der Waals surface area contributed by atoms with E-state index in [-0.39, 0.29) is 62.0 Å². The van der Waals surface area contributed by atoms with Crippen molar-refractivity contribution in [1.82, 2.24) is 31.9 Å². The predicted octanol–water partition coefficient (Wildman–Crippen LogP) is 0.863. The Kier molecular flexibility index (Phi) is 20.9. The summed E-state index contributed by atoms with van der Waals surface area (Å²) in [6, 6.07) is 10.7. The van der Waals surface area contributed by atoms with E-state index in [1.54, 1.807) is 12.1 Å². The third kappa shape index (κ3) is 15.3. The van der Waals surface area contributed by atoms with Gasteiger partial charge in [-0.05, 0) is 137 Å². The summed E-state index contributed by atoms with van der Waals surface area (Å²) in [7, 11) is -0.918. The maximum atomic E-state index is 13.8. The summed E-state index contributed by atoms with van der Waals surface area (Å²) in [6.45, 7) is 9.31. The first-order valence-corrected chi connectivity index (χ1v) is 25.3. The Morgan fingerprint density at radius 3 is 1.85 bits per heavy atom. The highest BCUT2D eigenvalue weighted by molar-refractivity contribution is 6.47. The van der Waals surface area contributed by atoms with Gasteiger partial charge >= 0.3 is 7.12 Å². The molecule has 2 aromatic carbocycles. The van der Waals surface area contributed by atoms with Gasteiger partial charge in [0.2, 0.25) is 29.5 Å². The lowest BCUT2D eigenvalue weighted by Crippen LogP contribution is -2.65.